The zero-order chi connectivity index (χ0) is 11.7. The summed E-state index contributed by atoms with van der Waals surface area (Å²) in [5, 5.41) is 9.71. The van der Waals surface area contributed by atoms with Crippen LogP contribution in [0.5, 0.6) is 0 Å². The fourth-order valence-electron chi connectivity index (χ4n) is 1.71. The van der Waals surface area contributed by atoms with Crippen molar-refractivity contribution >= 4 is 10.9 Å². The van der Waals surface area contributed by atoms with E-state index in [-0.39, 0.29) is 0 Å². The molecule has 3 nitrogen and oxygen atoms in total. The third-order valence-electron chi connectivity index (χ3n) is 2.69. The zero-order valence-electron chi connectivity index (χ0n) is 10.2. The van der Waals surface area contributed by atoms with Gasteiger partial charge >= 0.3 is 0 Å². The number of pyridine rings is 1. The van der Waals surface area contributed by atoms with Crippen molar-refractivity contribution in [1.82, 2.24) is 15.2 Å². The van der Waals surface area contributed by atoms with Gasteiger partial charge in [0.25, 0.3) is 0 Å². The van der Waals surface area contributed by atoms with Gasteiger partial charge in [-0.05, 0) is 24.0 Å². The predicted octanol–water partition coefficient (Wildman–Crippen LogP) is 3.27. The molecule has 0 N–H and O–H groups in total. The van der Waals surface area contributed by atoms with E-state index in [1.807, 2.05) is 12.3 Å². The second-order valence-electron chi connectivity index (χ2n) is 4.71. The van der Waals surface area contributed by atoms with Crippen LogP contribution in [0.15, 0.2) is 18.3 Å². The summed E-state index contributed by atoms with van der Waals surface area (Å²) in [5.41, 5.74) is 3.00. The molecule has 0 radical (unpaired) electrons. The number of nitrogens with zero attached hydrogens (tertiary/aromatic N) is 3. The Morgan fingerprint density at radius 3 is 2.38 bits per heavy atom. The Labute approximate surface area is 95.9 Å². The van der Waals surface area contributed by atoms with Crippen LogP contribution in [-0.4, -0.2) is 15.2 Å². The average Bonchev–Trinajstić information content (AvgIpc) is 2.27. The van der Waals surface area contributed by atoms with E-state index in [2.05, 4.69) is 48.9 Å². The lowest BCUT2D eigenvalue weighted by Gasteiger charge is -2.09. The largest absolute Gasteiger partial charge is 0.259 e. The molecule has 0 unspecified atom stereocenters. The molecule has 0 saturated carbocycles. The molecule has 0 aliphatic rings. The Balaban J connectivity index is 2.64. The molecule has 0 atom stereocenters. The molecule has 16 heavy (non-hydrogen) atoms. The molecule has 0 amide bonds. The quantitative estimate of drug-likeness (QED) is 0.771. The fourth-order valence-corrected chi connectivity index (χ4v) is 1.71. The lowest BCUT2D eigenvalue weighted by Crippen LogP contribution is -2.00. The lowest BCUT2D eigenvalue weighted by atomic mass is 10.0. The van der Waals surface area contributed by atoms with Crippen molar-refractivity contribution in [1.29, 1.82) is 0 Å². The summed E-state index contributed by atoms with van der Waals surface area (Å²) in [5.74, 6) is 0.787. The highest BCUT2D eigenvalue weighted by molar-refractivity contribution is 5.80. The SMILES string of the molecule is CC(C)c1cc2ccnc(C(C)C)c2nn1. The Morgan fingerprint density at radius 2 is 1.75 bits per heavy atom. The summed E-state index contributed by atoms with van der Waals surface area (Å²) >= 11 is 0. The van der Waals surface area contributed by atoms with Crippen LogP contribution in [0.25, 0.3) is 10.9 Å². The minimum Gasteiger partial charge on any atom is -0.259 e. The summed E-state index contributed by atoms with van der Waals surface area (Å²) < 4.78 is 0. The van der Waals surface area contributed by atoms with Gasteiger partial charge in [0.1, 0.15) is 5.52 Å². The Morgan fingerprint density at radius 1 is 1.00 bits per heavy atom. The van der Waals surface area contributed by atoms with E-state index in [1.54, 1.807) is 0 Å². The summed E-state index contributed by atoms with van der Waals surface area (Å²) in [7, 11) is 0. The summed E-state index contributed by atoms with van der Waals surface area (Å²) in [6.07, 6.45) is 1.85. The van der Waals surface area contributed by atoms with Gasteiger partial charge in [-0.3, -0.25) is 4.98 Å². The van der Waals surface area contributed by atoms with Crippen LogP contribution in [0.3, 0.4) is 0 Å². The predicted molar refractivity (Wildman–Crippen MR) is 65.5 cm³/mol. The second kappa shape index (κ2) is 4.16. The summed E-state index contributed by atoms with van der Waals surface area (Å²) in [4.78, 5) is 4.38. The third-order valence-corrected chi connectivity index (χ3v) is 2.69. The number of fused-ring (bicyclic) bond motifs is 1. The normalized spacial score (nSPS) is 11.6. The molecule has 0 fully saturated rings. The molecular weight excluding hydrogens is 198 g/mol. The molecule has 3 heteroatoms. The maximum Gasteiger partial charge on any atom is 0.115 e. The van der Waals surface area contributed by atoms with Crippen molar-refractivity contribution < 1.29 is 0 Å². The molecule has 2 heterocycles. The van der Waals surface area contributed by atoms with Crippen LogP contribution in [-0.2, 0) is 0 Å². The van der Waals surface area contributed by atoms with Gasteiger partial charge in [-0.2, -0.15) is 5.10 Å². The zero-order valence-corrected chi connectivity index (χ0v) is 10.2. The van der Waals surface area contributed by atoms with Gasteiger partial charge in [0.15, 0.2) is 0 Å². The number of aromatic nitrogens is 3. The summed E-state index contributed by atoms with van der Waals surface area (Å²) in [6, 6.07) is 4.11. The maximum atomic E-state index is 4.38. The molecule has 2 rings (SSSR count). The van der Waals surface area contributed by atoms with Gasteiger partial charge in [0.05, 0.1) is 11.4 Å². The lowest BCUT2D eigenvalue weighted by molar-refractivity contribution is 0.784. The van der Waals surface area contributed by atoms with Crippen LogP contribution in [0, 0.1) is 0 Å². The van der Waals surface area contributed by atoms with Gasteiger partial charge < -0.3 is 0 Å². The van der Waals surface area contributed by atoms with Crippen LogP contribution in [0.4, 0.5) is 0 Å². The third kappa shape index (κ3) is 1.90. The van der Waals surface area contributed by atoms with Crippen LogP contribution < -0.4 is 0 Å². The second-order valence-corrected chi connectivity index (χ2v) is 4.71. The fraction of sp³-hybridized carbons (Fsp3) is 0.462. The minimum absolute atomic E-state index is 0.378. The monoisotopic (exact) mass is 215 g/mol. The highest BCUT2D eigenvalue weighted by Crippen LogP contribution is 2.22. The Kier molecular flexibility index (Phi) is 2.86. The molecular formula is C13H17N3. The molecule has 0 aromatic carbocycles. The van der Waals surface area contributed by atoms with Gasteiger partial charge in [-0.15, -0.1) is 5.10 Å². The topological polar surface area (TPSA) is 38.7 Å². The van der Waals surface area contributed by atoms with E-state index >= 15 is 0 Å². The van der Waals surface area contributed by atoms with Crippen molar-refractivity contribution in [3.05, 3.63) is 29.7 Å². The molecule has 0 aliphatic carbocycles. The van der Waals surface area contributed by atoms with Crippen molar-refractivity contribution in [3.8, 4) is 0 Å². The average molecular weight is 215 g/mol. The highest BCUT2D eigenvalue weighted by atomic mass is 15.1. The maximum absolute atomic E-state index is 4.38. The van der Waals surface area contributed by atoms with Crippen LogP contribution in [0.2, 0.25) is 0 Å². The standard InChI is InChI=1S/C13H17N3/c1-8(2)11-7-10-5-6-14-12(9(3)4)13(10)16-15-11/h5-9H,1-4H3. The van der Waals surface area contributed by atoms with Crippen LogP contribution >= 0.6 is 0 Å². The van der Waals surface area contributed by atoms with Crippen LogP contribution in [0.1, 0.15) is 50.9 Å². The molecule has 84 valence electrons. The Bertz CT molecular complexity index is 504. The smallest absolute Gasteiger partial charge is 0.115 e. The first kappa shape index (κ1) is 11.0. The molecule has 2 aromatic rings. The van der Waals surface area contributed by atoms with E-state index in [0.29, 0.717) is 11.8 Å². The molecule has 0 bridgehead atoms. The first-order chi connectivity index (χ1) is 7.59. The molecule has 0 saturated heterocycles. The number of rotatable bonds is 2. The first-order valence-corrected chi connectivity index (χ1v) is 5.72. The van der Waals surface area contributed by atoms with E-state index < -0.39 is 0 Å². The summed E-state index contributed by atoms with van der Waals surface area (Å²) in [6.45, 7) is 8.50. The van der Waals surface area contributed by atoms with E-state index in [0.717, 1.165) is 22.3 Å². The Hall–Kier alpha value is -1.51. The highest BCUT2D eigenvalue weighted by Gasteiger charge is 2.10. The van der Waals surface area contributed by atoms with Gasteiger partial charge in [0, 0.05) is 11.6 Å². The number of hydrogen-bond donors (Lipinski definition) is 0. The molecule has 0 aliphatic heterocycles. The van der Waals surface area contributed by atoms with E-state index in [9.17, 15) is 0 Å². The van der Waals surface area contributed by atoms with Crippen molar-refractivity contribution in [2.45, 2.75) is 39.5 Å². The van der Waals surface area contributed by atoms with Crippen molar-refractivity contribution in [3.63, 3.8) is 0 Å². The molecule has 2 aromatic heterocycles. The molecule has 0 spiro atoms. The van der Waals surface area contributed by atoms with Gasteiger partial charge in [0.2, 0.25) is 0 Å². The van der Waals surface area contributed by atoms with Gasteiger partial charge in [-0.25, -0.2) is 0 Å². The van der Waals surface area contributed by atoms with Crippen molar-refractivity contribution in [2.75, 3.05) is 0 Å². The van der Waals surface area contributed by atoms with E-state index in [4.69, 9.17) is 0 Å². The minimum atomic E-state index is 0.378. The van der Waals surface area contributed by atoms with Crippen molar-refractivity contribution in [2.24, 2.45) is 0 Å². The first-order valence-electron chi connectivity index (χ1n) is 5.72. The number of hydrogen-bond acceptors (Lipinski definition) is 3. The van der Waals surface area contributed by atoms with Gasteiger partial charge in [-0.1, -0.05) is 27.7 Å². The van der Waals surface area contributed by atoms with E-state index in [1.165, 1.54) is 0 Å².